The fourth-order valence-electron chi connectivity index (χ4n) is 4.15. The van der Waals surface area contributed by atoms with E-state index >= 15 is 0 Å². The summed E-state index contributed by atoms with van der Waals surface area (Å²) in [5.74, 6) is 1.37. The van der Waals surface area contributed by atoms with Crippen molar-refractivity contribution in [3.8, 4) is 28.4 Å². The highest BCUT2D eigenvalue weighted by Gasteiger charge is 2.22. The maximum atomic E-state index is 5.54. The number of imidazole rings is 1. The van der Waals surface area contributed by atoms with Crippen molar-refractivity contribution in [2.75, 3.05) is 7.11 Å². The summed E-state index contributed by atoms with van der Waals surface area (Å²) < 4.78 is 7.48. The number of aromatic nitrogens is 3. The number of nitrogens with zero attached hydrogens (tertiary/aromatic N) is 3. The van der Waals surface area contributed by atoms with E-state index < -0.39 is 0 Å². The van der Waals surface area contributed by atoms with Gasteiger partial charge in [0.1, 0.15) is 5.69 Å². The highest BCUT2D eigenvalue weighted by molar-refractivity contribution is 5.82. The Kier molecular flexibility index (Phi) is 4.35. The SMILES string of the molecule is COc1nn2c(-c3ccccc3)c(-c3ccc(C4CCC4)cc3)nc2c(C)c1C. The quantitative estimate of drug-likeness (QED) is 0.437. The fraction of sp³-hybridized carbons (Fsp3) is 0.280. The fourth-order valence-corrected chi connectivity index (χ4v) is 4.15. The van der Waals surface area contributed by atoms with Crippen LogP contribution in [0.15, 0.2) is 54.6 Å². The van der Waals surface area contributed by atoms with Gasteiger partial charge in [0, 0.05) is 22.3 Å². The van der Waals surface area contributed by atoms with Gasteiger partial charge in [-0.1, -0.05) is 61.0 Å². The summed E-state index contributed by atoms with van der Waals surface area (Å²) in [5, 5.41) is 4.78. The molecular weight excluding hydrogens is 358 g/mol. The minimum Gasteiger partial charge on any atom is -0.480 e. The Bertz CT molecular complexity index is 1170. The molecule has 1 saturated carbocycles. The van der Waals surface area contributed by atoms with E-state index in [9.17, 15) is 0 Å². The number of aryl methyl sites for hydroxylation is 1. The lowest BCUT2D eigenvalue weighted by molar-refractivity contribution is 0.386. The summed E-state index contributed by atoms with van der Waals surface area (Å²) in [7, 11) is 1.67. The first-order valence-electron chi connectivity index (χ1n) is 10.3. The van der Waals surface area contributed by atoms with E-state index in [-0.39, 0.29) is 0 Å². The van der Waals surface area contributed by atoms with E-state index in [0.717, 1.165) is 45.2 Å². The molecule has 1 aliphatic rings. The lowest BCUT2D eigenvalue weighted by Gasteiger charge is -2.25. The van der Waals surface area contributed by atoms with Crippen molar-refractivity contribution in [2.24, 2.45) is 0 Å². The monoisotopic (exact) mass is 383 g/mol. The van der Waals surface area contributed by atoms with Crippen LogP contribution in [0.25, 0.3) is 28.2 Å². The minimum atomic E-state index is 0.636. The van der Waals surface area contributed by atoms with Gasteiger partial charge in [-0.15, -0.1) is 5.10 Å². The third-order valence-electron chi connectivity index (χ3n) is 6.27. The van der Waals surface area contributed by atoms with Gasteiger partial charge in [-0.25, -0.2) is 9.50 Å². The van der Waals surface area contributed by atoms with E-state index in [4.69, 9.17) is 14.8 Å². The van der Waals surface area contributed by atoms with Crippen LogP contribution in [0.5, 0.6) is 5.88 Å². The van der Waals surface area contributed by atoms with Crippen LogP contribution in [0.2, 0.25) is 0 Å². The zero-order valence-electron chi connectivity index (χ0n) is 17.1. The van der Waals surface area contributed by atoms with Gasteiger partial charge in [-0.3, -0.25) is 0 Å². The van der Waals surface area contributed by atoms with Crippen LogP contribution in [-0.2, 0) is 0 Å². The average Bonchev–Trinajstić information content (AvgIpc) is 3.10. The van der Waals surface area contributed by atoms with Crippen molar-refractivity contribution in [2.45, 2.75) is 39.0 Å². The Labute approximate surface area is 171 Å². The Morgan fingerprint density at radius 2 is 1.62 bits per heavy atom. The summed E-state index contributed by atoms with van der Waals surface area (Å²) in [6.45, 7) is 4.12. The lowest BCUT2D eigenvalue weighted by atomic mass is 9.80. The van der Waals surface area contributed by atoms with E-state index in [2.05, 4.69) is 55.5 Å². The zero-order valence-corrected chi connectivity index (χ0v) is 17.1. The second-order valence-electron chi connectivity index (χ2n) is 7.92. The van der Waals surface area contributed by atoms with Crippen LogP contribution in [0.4, 0.5) is 0 Å². The summed E-state index contributed by atoms with van der Waals surface area (Å²) in [4.78, 5) is 5.05. The van der Waals surface area contributed by atoms with Crippen LogP contribution in [0.3, 0.4) is 0 Å². The smallest absolute Gasteiger partial charge is 0.234 e. The molecule has 2 aromatic heterocycles. The van der Waals surface area contributed by atoms with Crippen LogP contribution >= 0.6 is 0 Å². The first-order valence-corrected chi connectivity index (χ1v) is 10.3. The molecule has 1 fully saturated rings. The molecule has 0 unspecified atom stereocenters. The van der Waals surface area contributed by atoms with Crippen molar-refractivity contribution in [3.63, 3.8) is 0 Å². The normalized spacial score (nSPS) is 14.2. The Morgan fingerprint density at radius 3 is 2.24 bits per heavy atom. The molecule has 2 heterocycles. The summed E-state index contributed by atoms with van der Waals surface area (Å²) in [6.07, 6.45) is 3.97. The number of fused-ring (bicyclic) bond motifs is 1. The van der Waals surface area contributed by atoms with Gasteiger partial charge in [-0.2, -0.15) is 0 Å². The molecule has 0 spiro atoms. The standard InChI is InChI=1S/C25H25N3O/c1-16-17(2)25(29-3)27-28-23(21-8-5-4-6-9-21)22(26-24(16)28)20-14-12-19(13-15-20)18-10-7-11-18/h4-6,8-9,12-15,18H,7,10-11H2,1-3H3. The maximum absolute atomic E-state index is 5.54. The number of hydrogen-bond donors (Lipinski definition) is 0. The number of hydrogen-bond acceptors (Lipinski definition) is 3. The van der Waals surface area contributed by atoms with E-state index in [0.29, 0.717) is 5.88 Å². The molecule has 0 aliphatic heterocycles. The molecule has 0 N–H and O–H groups in total. The molecule has 2 aromatic carbocycles. The number of rotatable bonds is 4. The summed E-state index contributed by atoms with van der Waals surface area (Å²) in [6, 6.07) is 19.3. The van der Waals surface area contributed by atoms with Crippen molar-refractivity contribution in [1.82, 2.24) is 14.6 Å². The van der Waals surface area contributed by atoms with Crippen LogP contribution in [-0.4, -0.2) is 21.7 Å². The highest BCUT2D eigenvalue weighted by Crippen LogP contribution is 2.39. The topological polar surface area (TPSA) is 39.4 Å². The molecule has 4 heteroatoms. The molecule has 1 aliphatic carbocycles. The van der Waals surface area contributed by atoms with Crippen LogP contribution < -0.4 is 4.74 Å². The van der Waals surface area contributed by atoms with E-state index in [1.807, 2.05) is 17.5 Å². The van der Waals surface area contributed by atoms with Gasteiger partial charge >= 0.3 is 0 Å². The molecule has 0 atom stereocenters. The molecule has 29 heavy (non-hydrogen) atoms. The van der Waals surface area contributed by atoms with Gasteiger partial charge in [0.15, 0.2) is 5.65 Å². The summed E-state index contributed by atoms with van der Waals surface area (Å²) >= 11 is 0. The minimum absolute atomic E-state index is 0.636. The Hall–Kier alpha value is -3.14. The molecule has 0 bridgehead atoms. The van der Waals surface area contributed by atoms with Crippen molar-refractivity contribution in [1.29, 1.82) is 0 Å². The van der Waals surface area contributed by atoms with Crippen molar-refractivity contribution < 1.29 is 4.74 Å². The van der Waals surface area contributed by atoms with E-state index in [1.54, 1.807) is 7.11 Å². The largest absolute Gasteiger partial charge is 0.480 e. The number of benzene rings is 2. The number of ether oxygens (including phenoxy) is 1. The van der Waals surface area contributed by atoms with Crippen LogP contribution in [0.1, 0.15) is 41.9 Å². The first-order chi connectivity index (χ1) is 14.2. The molecule has 5 rings (SSSR count). The van der Waals surface area contributed by atoms with Crippen LogP contribution in [0, 0.1) is 13.8 Å². The van der Waals surface area contributed by atoms with Gasteiger partial charge in [0.05, 0.1) is 12.8 Å². The molecule has 0 radical (unpaired) electrons. The lowest BCUT2D eigenvalue weighted by Crippen LogP contribution is -2.08. The van der Waals surface area contributed by atoms with E-state index in [1.165, 1.54) is 24.8 Å². The molecule has 146 valence electrons. The second kappa shape index (κ2) is 7.03. The zero-order chi connectivity index (χ0) is 20.0. The predicted octanol–water partition coefficient (Wildman–Crippen LogP) is 5.96. The van der Waals surface area contributed by atoms with Gasteiger partial charge < -0.3 is 4.74 Å². The molecule has 0 amide bonds. The Balaban J connectivity index is 1.75. The molecule has 4 nitrogen and oxygen atoms in total. The Morgan fingerprint density at radius 1 is 0.897 bits per heavy atom. The number of methoxy groups -OCH3 is 1. The van der Waals surface area contributed by atoms with Crippen molar-refractivity contribution >= 4 is 5.65 Å². The maximum Gasteiger partial charge on any atom is 0.234 e. The van der Waals surface area contributed by atoms with Gasteiger partial charge in [-0.05, 0) is 38.2 Å². The van der Waals surface area contributed by atoms with Gasteiger partial charge in [0.25, 0.3) is 0 Å². The molecule has 0 saturated heterocycles. The predicted molar refractivity (Wildman–Crippen MR) is 116 cm³/mol. The first kappa shape index (κ1) is 17.9. The highest BCUT2D eigenvalue weighted by atomic mass is 16.5. The molecule has 4 aromatic rings. The third kappa shape index (κ3) is 2.91. The van der Waals surface area contributed by atoms with Crippen molar-refractivity contribution in [3.05, 3.63) is 71.3 Å². The third-order valence-corrected chi connectivity index (χ3v) is 6.27. The average molecular weight is 383 g/mol. The molecular formula is C25H25N3O. The summed E-state index contributed by atoms with van der Waals surface area (Å²) in [5.41, 5.74) is 8.60. The van der Waals surface area contributed by atoms with Gasteiger partial charge in [0.2, 0.25) is 5.88 Å². The second-order valence-corrected chi connectivity index (χ2v) is 7.92.